The van der Waals surface area contributed by atoms with E-state index >= 15 is 0 Å². The molecule has 1 N–H and O–H groups in total. The van der Waals surface area contributed by atoms with Crippen molar-refractivity contribution >= 4 is 0 Å². The molecule has 3 aromatic carbocycles. The normalized spacial score (nSPS) is 29.4. The first kappa shape index (κ1) is 23.7. The molecular weight excluding hydrogens is 457 g/mol. The molecule has 4 heterocycles. The predicted octanol–water partition coefficient (Wildman–Crippen LogP) is 7.01. The fraction of sp³-hybridized carbons (Fsp3) is 0.419. The van der Waals surface area contributed by atoms with Gasteiger partial charge in [0.1, 0.15) is 0 Å². The molecule has 7 rings (SSSR count). The van der Waals surface area contributed by atoms with Gasteiger partial charge in [-0.05, 0) is 54.4 Å². The summed E-state index contributed by atoms with van der Waals surface area (Å²) in [5, 5.41) is 3.70. The number of hydrogen-bond acceptors (Lipinski definition) is 2. The average molecular weight is 491 g/mol. The average Bonchev–Trinajstić information content (AvgIpc) is 2.89. The molecule has 0 aliphatic carbocycles. The summed E-state index contributed by atoms with van der Waals surface area (Å²) >= 11 is 0. The molecule has 2 unspecified atom stereocenters. The molecule has 0 spiro atoms. The van der Waals surface area contributed by atoms with Crippen molar-refractivity contribution in [2.45, 2.75) is 74.9 Å². The Hall–Kier alpha value is -2.63. The summed E-state index contributed by atoms with van der Waals surface area (Å²) < 4.78 is 41.2. The number of hydrogen-bond donors (Lipinski definition) is 1. The molecule has 0 aromatic heterocycles. The maximum absolute atomic E-state index is 13.7. The molecule has 36 heavy (non-hydrogen) atoms. The highest BCUT2D eigenvalue weighted by Crippen LogP contribution is 2.50. The highest BCUT2D eigenvalue weighted by molar-refractivity contribution is 5.37. The summed E-state index contributed by atoms with van der Waals surface area (Å²) in [7, 11) is 0. The highest BCUT2D eigenvalue weighted by Gasteiger charge is 2.54. The first-order valence-electron chi connectivity index (χ1n) is 13.3. The van der Waals surface area contributed by atoms with Gasteiger partial charge >= 0.3 is 6.18 Å². The number of nitrogens with zero attached hydrogens (tertiary/aromatic N) is 1. The van der Waals surface area contributed by atoms with E-state index in [1.54, 1.807) is 12.1 Å². The van der Waals surface area contributed by atoms with Gasteiger partial charge in [-0.25, -0.2) is 0 Å². The van der Waals surface area contributed by atoms with Crippen molar-refractivity contribution in [2.75, 3.05) is 0 Å². The quantitative estimate of drug-likeness (QED) is 0.400. The Morgan fingerprint density at radius 1 is 0.778 bits per heavy atom. The van der Waals surface area contributed by atoms with Crippen LogP contribution in [0.2, 0.25) is 0 Å². The van der Waals surface area contributed by atoms with Gasteiger partial charge in [-0.15, -0.1) is 0 Å². The molecular formula is C31H33F3N2. The predicted molar refractivity (Wildman–Crippen MR) is 137 cm³/mol. The van der Waals surface area contributed by atoms with Crippen LogP contribution in [-0.2, 0) is 12.7 Å². The fourth-order valence-corrected chi connectivity index (χ4v) is 7.46. The number of halogens is 3. The van der Waals surface area contributed by atoms with Crippen LogP contribution < -0.4 is 5.32 Å². The fourth-order valence-electron chi connectivity index (χ4n) is 7.46. The minimum Gasteiger partial charge on any atom is -0.308 e. The molecule has 6 atom stereocenters. The van der Waals surface area contributed by atoms with E-state index < -0.39 is 11.7 Å². The van der Waals surface area contributed by atoms with Crippen molar-refractivity contribution in [2.24, 2.45) is 5.92 Å². The Balaban J connectivity index is 1.40. The molecule has 4 bridgehead atoms. The van der Waals surface area contributed by atoms with Gasteiger partial charge in [0, 0.05) is 36.6 Å². The first-order chi connectivity index (χ1) is 17.5. The first-order valence-corrected chi connectivity index (χ1v) is 13.3. The van der Waals surface area contributed by atoms with Crippen molar-refractivity contribution in [1.82, 2.24) is 10.2 Å². The monoisotopic (exact) mass is 490 g/mol. The second kappa shape index (κ2) is 9.68. The zero-order valence-corrected chi connectivity index (χ0v) is 20.4. The molecule has 0 radical (unpaired) electrons. The molecule has 4 saturated heterocycles. The largest absolute Gasteiger partial charge is 0.416 e. The topological polar surface area (TPSA) is 15.3 Å². The standard InChI is InChI=1S/C31H33F3N2/c32-31(33,34)27-17-8-7-14-23(27)20-35-29-24-18-25-15-9-16-26(19-24)36(25)30(29)28(21-10-3-1-4-11-21)22-12-5-2-6-13-22/h1-8,10-14,17,24-26,28-30,35H,9,15-16,18-20H2/t24?,25-,26+,29-,30-/m0/s1. The third-order valence-electron chi connectivity index (χ3n) is 8.80. The van der Waals surface area contributed by atoms with Crippen LogP contribution in [0.15, 0.2) is 84.9 Å². The van der Waals surface area contributed by atoms with Crippen LogP contribution in [0.4, 0.5) is 13.2 Å². The van der Waals surface area contributed by atoms with Gasteiger partial charge in [-0.2, -0.15) is 13.2 Å². The van der Waals surface area contributed by atoms with Crippen LogP contribution in [0, 0.1) is 5.92 Å². The van der Waals surface area contributed by atoms with Crippen LogP contribution in [-0.4, -0.2) is 29.1 Å². The molecule has 3 aromatic rings. The van der Waals surface area contributed by atoms with E-state index in [1.807, 2.05) is 0 Å². The van der Waals surface area contributed by atoms with Gasteiger partial charge < -0.3 is 5.32 Å². The summed E-state index contributed by atoms with van der Waals surface area (Å²) in [6.07, 6.45) is 1.67. The number of alkyl halides is 3. The van der Waals surface area contributed by atoms with Crippen molar-refractivity contribution in [3.8, 4) is 0 Å². The van der Waals surface area contributed by atoms with Crippen LogP contribution in [0.5, 0.6) is 0 Å². The zero-order chi connectivity index (χ0) is 24.7. The summed E-state index contributed by atoms with van der Waals surface area (Å²) in [6.45, 7) is 0.229. The van der Waals surface area contributed by atoms with Crippen molar-refractivity contribution in [3.05, 3.63) is 107 Å². The second-order valence-electron chi connectivity index (χ2n) is 10.8. The second-order valence-corrected chi connectivity index (χ2v) is 10.8. The van der Waals surface area contributed by atoms with Gasteiger partial charge in [0.05, 0.1) is 5.56 Å². The Morgan fingerprint density at radius 3 is 1.92 bits per heavy atom. The molecule has 4 aliphatic heterocycles. The van der Waals surface area contributed by atoms with Crippen LogP contribution in [0.25, 0.3) is 0 Å². The third kappa shape index (κ3) is 4.37. The zero-order valence-electron chi connectivity index (χ0n) is 20.4. The molecule has 5 heteroatoms. The van der Waals surface area contributed by atoms with Crippen LogP contribution >= 0.6 is 0 Å². The van der Waals surface area contributed by atoms with Gasteiger partial charge in [0.15, 0.2) is 0 Å². The van der Waals surface area contributed by atoms with E-state index in [0.717, 1.165) is 12.8 Å². The van der Waals surface area contributed by atoms with Gasteiger partial charge in [0.2, 0.25) is 0 Å². The van der Waals surface area contributed by atoms with Crippen LogP contribution in [0.3, 0.4) is 0 Å². The summed E-state index contributed by atoms with van der Waals surface area (Å²) in [5.74, 6) is 0.636. The lowest BCUT2D eigenvalue weighted by Gasteiger charge is -2.63. The van der Waals surface area contributed by atoms with E-state index in [0.29, 0.717) is 23.6 Å². The lowest BCUT2D eigenvalue weighted by atomic mass is 9.63. The SMILES string of the molecule is FC(F)(F)c1ccccc1CN[C@H]1C2C[C@H]3CCC[C@@H](C2)N3[C@H]1C(c1ccccc1)c1ccccc1. The van der Waals surface area contributed by atoms with Crippen molar-refractivity contribution in [3.63, 3.8) is 0 Å². The maximum Gasteiger partial charge on any atom is 0.416 e. The maximum atomic E-state index is 13.7. The van der Waals surface area contributed by atoms with Crippen LogP contribution in [0.1, 0.15) is 60.3 Å². The van der Waals surface area contributed by atoms with Gasteiger partial charge in [-0.3, -0.25) is 4.90 Å². The summed E-state index contributed by atoms with van der Waals surface area (Å²) in [5.41, 5.74) is 2.36. The Bertz CT molecular complexity index is 1110. The number of benzene rings is 3. The lowest BCUT2D eigenvalue weighted by Crippen LogP contribution is -2.71. The smallest absolute Gasteiger partial charge is 0.308 e. The molecule has 4 fully saturated rings. The van der Waals surface area contributed by atoms with E-state index in [4.69, 9.17) is 0 Å². The minimum atomic E-state index is -4.35. The highest BCUT2D eigenvalue weighted by atomic mass is 19.4. The number of fused-ring (bicyclic) bond motifs is 1. The summed E-state index contributed by atoms with van der Waals surface area (Å²) in [4.78, 5) is 2.78. The van der Waals surface area contributed by atoms with Gasteiger partial charge in [-0.1, -0.05) is 85.3 Å². The Labute approximate surface area is 211 Å². The molecule has 4 aliphatic rings. The third-order valence-corrected chi connectivity index (χ3v) is 8.80. The number of rotatable bonds is 6. The van der Waals surface area contributed by atoms with Gasteiger partial charge in [0.25, 0.3) is 0 Å². The molecule has 0 saturated carbocycles. The Kier molecular flexibility index (Phi) is 6.38. The minimum absolute atomic E-state index is 0.127. The lowest BCUT2D eigenvalue weighted by molar-refractivity contribution is -0.138. The molecule has 2 nitrogen and oxygen atoms in total. The summed E-state index contributed by atoms with van der Waals surface area (Å²) in [6, 6.07) is 28.9. The molecule has 0 amide bonds. The van der Waals surface area contributed by atoms with Crippen molar-refractivity contribution in [1.29, 1.82) is 0 Å². The van der Waals surface area contributed by atoms with E-state index in [-0.39, 0.29) is 24.5 Å². The van der Waals surface area contributed by atoms with E-state index in [9.17, 15) is 13.2 Å². The van der Waals surface area contributed by atoms with E-state index in [1.165, 1.54) is 42.5 Å². The molecule has 188 valence electrons. The Morgan fingerprint density at radius 2 is 1.33 bits per heavy atom. The van der Waals surface area contributed by atoms with Crippen molar-refractivity contribution < 1.29 is 13.2 Å². The van der Waals surface area contributed by atoms with E-state index in [2.05, 4.69) is 70.9 Å². The number of nitrogens with one attached hydrogen (secondary N) is 1. The number of piperidine rings is 4.